The molecule has 1 atom stereocenters. The van der Waals surface area contributed by atoms with Crippen molar-refractivity contribution in [3.63, 3.8) is 0 Å². The molecule has 1 aliphatic carbocycles. The largest absolute Gasteiger partial charge is 0.344 e. The minimum absolute atomic E-state index is 0. The van der Waals surface area contributed by atoms with Gasteiger partial charge in [-0.15, -0.1) is 0 Å². The van der Waals surface area contributed by atoms with E-state index in [2.05, 4.69) is 6.92 Å². The SMILES string of the molecule is CCC1CC=CC(=O)CC1.N. The van der Waals surface area contributed by atoms with Crippen molar-refractivity contribution in [1.29, 1.82) is 0 Å². The second-order valence-electron chi connectivity index (χ2n) is 2.92. The predicted molar refractivity (Wildman–Crippen MR) is 46.8 cm³/mol. The zero-order chi connectivity index (χ0) is 7.40. The maximum Gasteiger partial charge on any atom is 0.155 e. The summed E-state index contributed by atoms with van der Waals surface area (Å²) < 4.78 is 0. The molecule has 0 saturated carbocycles. The Labute approximate surface area is 68.3 Å². The number of ketones is 1. The summed E-state index contributed by atoms with van der Waals surface area (Å²) in [5.41, 5.74) is 0. The number of carbonyl (C=O) groups excluding carboxylic acids is 1. The lowest BCUT2D eigenvalue weighted by atomic mass is 9.98. The molecule has 0 aromatic heterocycles. The lowest BCUT2D eigenvalue weighted by Crippen LogP contribution is -1.97. The summed E-state index contributed by atoms with van der Waals surface area (Å²) in [7, 11) is 0. The summed E-state index contributed by atoms with van der Waals surface area (Å²) in [6, 6.07) is 0. The van der Waals surface area contributed by atoms with Crippen LogP contribution in [-0.4, -0.2) is 5.78 Å². The minimum atomic E-state index is 0. The van der Waals surface area contributed by atoms with Gasteiger partial charge in [-0.2, -0.15) is 0 Å². The Morgan fingerprint density at radius 1 is 1.64 bits per heavy atom. The van der Waals surface area contributed by atoms with E-state index < -0.39 is 0 Å². The lowest BCUT2D eigenvalue weighted by molar-refractivity contribution is -0.114. The highest BCUT2D eigenvalue weighted by Gasteiger charge is 2.09. The van der Waals surface area contributed by atoms with Crippen molar-refractivity contribution >= 4 is 5.78 Å². The molecule has 1 unspecified atom stereocenters. The Hall–Kier alpha value is -0.630. The maximum atomic E-state index is 10.9. The molecule has 0 spiro atoms. The molecule has 0 fully saturated rings. The molecule has 2 heteroatoms. The average molecular weight is 155 g/mol. The molecule has 1 aliphatic rings. The highest BCUT2D eigenvalue weighted by molar-refractivity contribution is 5.89. The number of allylic oxidation sites excluding steroid dienone is 2. The van der Waals surface area contributed by atoms with Crippen LogP contribution in [0.1, 0.15) is 32.6 Å². The number of hydrogen-bond acceptors (Lipinski definition) is 2. The third-order valence-electron chi connectivity index (χ3n) is 2.15. The van der Waals surface area contributed by atoms with Gasteiger partial charge in [0.05, 0.1) is 0 Å². The van der Waals surface area contributed by atoms with Gasteiger partial charge in [0.1, 0.15) is 0 Å². The lowest BCUT2D eigenvalue weighted by Gasteiger charge is -2.07. The smallest absolute Gasteiger partial charge is 0.155 e. The molecule has 0 amide bonds. The van der Waals surface area contributed by atoms with Crippen LogP contribution >= 0.6 is 0 Å². The van der Waals surface area contributed by atoms with Crippen molar-refractivity contribution < 1.29 is 4.79 Å². The summed E-state index contributed by atoms with van der Waals surface area (Å²) in [4.78, 5) is 10.9. The van der Waals surface area contributed by atoms with Crippen LogP contribution < -0.4 is 6.15 Å². The molecule has 1 rings (SSSR count). The molecule has 0 saturated heterocycles. The van der Waals surface area contributed by atoms with Gasteiger partial charge in [-0.1, -0.05) is 19.4 Å². The highest BCUT2D eigenvalue weighted by atomic mass is 16.1. The zero-order valence-corrected chi connectivity index (χ0v) is 7.18. The van der Waals surface area contributed by atoms with Crippen LogP contribution in [0, 0.1) is 5.92 Å². The van der Waals surface area contributed by atoms with Crippen LogP contribution in [0.3, 0.4) is 0 Å². The van der Waals surface area contributed by atoms with E-state index in [1.165, 1.54) is 6.42 Å². The van der Waals surface area contributed by atoms with Gasteiger partial charge in [0.15, 0.2) is 5.78 Å². The first-order chi connectivity index (χ1) is 4.83. The first kappa shape index (κ1) is 10.4. The standard InChI is InChI=1S/C9H14O.H3N/c1-2-8-4-3-5-9(10)7-6-8;/h3,5,8H,2,4,6-7H2,1H3;1H3. The minimum Gasteiger partial charge on any atom is -0.344 e. The van der Waals surface area contributed by atoms with Crippen LogP contribution in [0.5, 0.6) is 0 Å². The van der Waals surface area contributed by atoms with E-state index >= 15 is 0 Å². The Balaban J connectivity index is 0.000001000. The van der Waals surface area contributed by atoms with Crippen molar-refractivity contribution in [3.05, 3.63) is 12.2 Å². The fourth-order valence-electron chi connectivity index (χ4n) is 1.31. The molecular formula is C9H17NO. The van der Waals surface area contributed by atoms with Crippen molar-refractivity contribution in [2.24, 2.45) is 5.92 Å². The summed E-state index contributed by atoms with van der Waals surface area (Å²) in [6.07, 6.45) is 7.90. The summed E-state index contributed by atoms with van der Waals surface area (Å²) >= 11 is 0. The third kappa shape index (κ3) is 3.33. The number of rotatable bonds is 1. The molecule has 0 aliphatic heterocycles. The number of carbonyl (C=O) groups is 1. The monoisotopic (exact) mass is 155 g/mol. The zero-order valence-electron chi connectivity index (χ0n) is 7.18. The average Bonchev–Trinajstić information content (AvgIpc) is 2.14. The second kappa shape index (κ2) is 5.08. The Kier molecular flexibility index (Phi) is 4.79. The van der Waals surface area contributed by atoms with Crippen LogP contribution in [0.15, 0.2) is 12.2 Å². The summed E-state index contributed by atoms with van der Waals surface area (Å²) in [6.45, 7) is 2.19. The number of hydrogen-bond donors (Lipinski definition) is 1. The van der Waals surface area contributed by atoms with Gasteiger partial charge < -0.3 is 6.15 Å². The fourth-order valence-corrected chi connectivity index (χ4v) is 1.31. The topological polar surface area (TPSA) is 52.1 Å². The quantitative estimate of drug-likeness (QED) is 0.632. The summed E-state index contributed by atoms with van der Waals surface area (Å²) in [5, 5.41) is 0. The van der Waals surface area contributed by atoms with E-state index in [0.29, 0.717) is 5.78 Å². The molecule has 0 radical (unpaired) electrons. The van der Waals surface area contributed by atoms with Crippen LogP contribution in [-0.2, 0) is 4.79 Å². The normalized spacial score (nSPS) is 24.1. The van der Waals surface area contributed by atoms with E-state index in [1.54, 1.807) is 6.08 Å². The van der Waals surface area contributed by atoms with Gasteiger partial charge in [-0.3, -0.25) is 4.79 Å². The highest BCUT2D eigenvalue weighted by Crippen LogP contribution is 2.18. The van der Waals surface area contributed by atoms with Gasteiger partial charge >= 0.3 is 0 Å². The molecule has 0 heterocycles. The first-order valence-corrected chi connectivity index (χ1v) is 4.02. The van der Waals surface area contributed by atoms with E-state index in [9.17, 15) is 4.79 Å². The van der Waals surface area contributed by atoms with Gasteiger partial charge in [-0.25, -0.2) is 0 Å². The summed E-state index contributed by atoms with van der Waals surface area (Å²) in [5.74, 6) is 1.05. The molecular weight excluding hydrogens is 138 g/mol. The van der Waals surface area contributed by atoms with Crippen molar-refractivity contribution in [3.8, 4) is 0 Å². The Morgan fingerprint density at radius 2 is 2.36 bits per heavy atom. The molecule has 11 heavy (non-hydrogen) atoms. The predicted octanol–water partition coefficient (Wildman–Crippen LogP) is 2.48. The molecule has 2 nitrogen and oxygen atoms in total. The van der Waals surface area contributed by atoms with E-state index in [1.807, 2.05) is 6.08 Å². The molecule has 3 N–H and O–H groups in total. The maximum absolute atomic E-state index is 10.9. The van der Waals surface area contributed by atoms with Crippen LogP contribution in [0.2, 0.25) is 0 Å². The molecule has 0 bridgehead atoms. The second-order valence-corrected chi connectivity index (χ2v) is 2.92. The fraction of sp³-hybridized carbons (Fsp3) is 0.667. The van der Waals surface area contributed by atoms with Crippen LogP contribution in [0.25, 0.3) is 0 Å². The van der Waals surface area contributed by atoms with Crippen molar-refractivity contribution in [1.82, 2.24) is 6.15 Å². The molecule has 0 aromatic carbocycles. The molecule has 0 aromatic rings. The van der Waals surface area contributed by atoms with Gasteiger partial charge in [0, 0.05) is 6.42 Å². The molecule has 64 valence electrons. The third-order valence-corrected chi connectivity index (χ3v) is 2.15. The van der Waals surface area contributed by atoms with E-state index in [4.69, 9.17) is 0 Å². The Bertz CT molecular complexity index is 152. The van der Waals surface area contributed by atoms with E-state index in [-0.39, 0.29) is 6.15 Å². The van der Waals surface area contributed by atoms with Crippen molar-refractivity contribution in [2.45, 2.75) is 32.6 Å². The van der Waals surface area contributed by atoms with Gasteiger partial charge in [-0.05, 0) is 24.8 Å². The first-order valence-electron chi connectivity index (χ1n) is 4.02. The van der Waals surface area contributed by atoms with E-state index in [0.717, 1.165) is 25.2 Å². The Morgan fingerprint density at radius 3 is 3.00 bits per heavy atom. The van der Waals surface area contributed by atoms with Gasteiger partial charge in [0.25, 0.3) is 0 Å². The van der Waals surface area contributed by atoms with Gasteiger partial charge in [0.2, 0.25) is 0 Å². The van der Waals surface area contributed by atoms with Crippen LogP contribution in [0.4, 0.5) is 0 Å². The van der Waals surface area contributed by atoms with Crippen molar-refractivity contribution in [2.75, 3.05) is 0 Å².